The number of para-hydroxylation sites is 1. The number of hydrogen-bond acceptors (Lipinski definition) is 7. The summed E-state index contributed by atoms with van der Waals surface area (Å²) in [6.45, 7) is 5.38. The first-order valence-electron chi connectivity index (χ1n) is 11.1. The van der Waals surface area contributed by atoms with Gasteiger partial charge < -0.3 is 14.8 Å². The van der Waals surface area contributed by atoms with E-state index in [1.54, 1.807) is 43.5 Å². The molecule has 8 nitrogen and oxygen atoms in total. The molecule has 0 aliphatic carbocycles. The first-order valence-corrected chi connectivity index (χ1v) is 12.0. The highest BCUT2D eigenvalue weighted by Gasteiger charge is 2.47. The van der Waals surface area contributed by atoms with Crippen molar-refractivity contribution in [1.29, 1.82) is 0 Å². The Morgan fingerprint density at radius 3 is 2.65 bits per heavy atom. The number of rotatable bonds is 7. The molecule has 178 valence electrons. The van der Waals surface area contributed by atoms with E-state index in [1.807, 2.05) is 30.3 Å². The zero-order chi connectivity index (χ0) is 24.5. The van der Waals surface area contributed by atoms with E-state index < -0.39 is 29.5 Å². The SMILES string of the molecule is CC(C)(C)OC(=O)C1C(C(=O)c2c(CCC(=O)O)[nH]c3ccccc23)CSN1c1cccnc1. The maximum absolute atomic E-state index is 14.0. The van der Waals surface area contributed by atoms with Crippen molar-refractivity contribution in [3.63, 3.8) is 0 Å². The summed E-state index contributed by atoms with van der Waals surface area (Å²) in [5.74, 6) is -1.92. The van der Waals surface area contributed by atoms with E-state index in [0.717, 1.165) is 10.9 Å². The third kappa shape index (κ3) is 4.94. The van der Waals surface area contributed by atoms with Crippen LogP contribution in [0.1, 0.15) is 43.2 Å². The maximum atomic E-state index is 14.0. The number of anilines is 1. The Labute approximate surface area is 201 Å². The number of fused-ring (bicyclic) bond motifs is 1. The molecular weight excluding hydrogens is 454 g/mol. The number of carbonyl (C=O) groups is 3. The number of esters is 1. The molecule has 0 radical (unpaired) electrons. The second-order valence-electron chi connectivity index (χ2n) is 9.20. The Kier molecular flexibility index (Phi) is 6.65. The maximum Gasteiger partial charge on any atom is 0.331 e. The molecule has 0 saturated carbocycles. The van der Waals surface area contributed by atoms with Crippen molar-refractivity contribution in [1.82, 2.24) is 9.97 Å². The van der Waals surface area contributed by atoms with E-state index >= 15 is 0 Å². The minimum atomic E-state index is -0.942. The number of benzene rings is 1. The van der Waals surface area contributed by atoms with Crippen LogP contribution in [-0.2, 0) is 20.7 Å². The lowest BCUT2D eigenvalue weighted by Crippen LogP contribution is -2.44. The van der Waals surface area contributed by atoms with Gasteiger partial charge in [-0.2, -0.15) is 0 Å². The van der Waals surface area contributed by atoms with Crippen molar-refractivity contribution in [2.75, 3.05) is 10.1 Å². The summed E-state index contributed by atoms with van der Waals surface area (Å²) in [7, 11) is 0. The highest BCUT2D eigenvalue weighted by atomic mass is 32.2. The van der Waals surface area contributed by atoms with E-state index in [0.29, 0.717) is 22.7 Å². The van der Waals surface area contributed by atoms with Crippen molar-refractivity contribution in [3.8, 4) is 0 Å². The van der Waals surface area contributed by atoms with E-state index in [9.17, 15) is 19.5 Å². The van der Waals surface area contributed by atoms with E-state index in [2.05, 4.69) is 9.97 Å². The topological polar surface area (TPSA) is 113 Å². The molecule has 1 aliphatic rings. The summed E-state index contributed by atoms with van der Waals surface area (Å²) in [6.07, 6.45) is 3.38. The van der Waals surface area contributed by atoms with Crippen LogP contribution in [0.25, 0.3) is 10.9 Å². The van der Waals surface area contributed by atoms with Crippen LogP contribution >= 0.6 is 11.9 Å². The fraction of sp³-hybridized carbons (Fsp3) is 0.360. The van der Waals surface area contributed by atoms with Gasteiger partial charge in [-0.15, -0.1) is 0 Å². The number of hydrogen-bond donors (Lipinski definition) is 2. The van der Waals surface area contributed by atoms with Crippen molar-refractivity contribution < 1.29 is 24.2 Å². The number of carboxylic acid groups (broad SMARTS) is 1. The minimum absolute atomic E-state index is 0.107. The molecule has 3 aromatic rings. The lowest BCUT2D eigenvalue weighted by atomic mass is 9.89. The Bertz CT molecular complexity index is 1220. The second kappa shape index (κ2) is 9.50. The highest BCUT2D eigenvalue weighted by Crippen LogP contribution is 2.40. The number of carboxylic acids is 1. The molecule has 34 heavy (non-hydrogen) atoms. The number of aromatic amines is 1. The number of aromatic nitrogens is 2. The van der Waals surface area contributed by atoms with Gasteiger partial charge in [-0.1, -0.05) is 18.2 Å². The molecule has 1 aromatic carbocycles. The van der Waals surface area contributed by atoms with E-state index in [1.165, 1.54) is 11.9 Å². The first-order chi connectivity index (χ1) is 16.2. The average Bonchev–Trinajstić information content (AvgIpc) is 3.38. The first kappa shape index (κ1) is 23.8. The second-order valence-corrected chi connectivity index (χ2v) is 10.2. The van der Waals surface area contributed by atoms with Crippen LogP contribution in [0.2, 0.25) is 0 Å². The number of nitrogens with one attached hydrogen (secondary N) is 1. The predicted molar refractivity (Wildman–Crippen MR) is 131 cm³/mol. The molecule has 1 fully saturated rings. The Morgan fingerprint density at radius 2 is 1.97 bits per heavy atom. The minimum Gasteiger partial charge on any atom is -0.481 e. The fourth-order valence-corrected chi connectivity index (χ4v) is 5.45. The molecule has 1 aliphatic heterocycles. The van der Waals surface area contributed by atoms with Crippen molar-refractivity contribution in [3.05, 3.63) is 60.0 Å². The van der Waals surface area contributed by atoms with Crippen LogP contribution in [-0.4, -0.2) is 50.2 Å². The van der Waals surface area contributed by atoms with Crippen LogP contribution in [0.4, 0.5) is 5.69 Å². The van der Waals surface area contributed by atoms with Crippen LogP contribution < -0.4 is 4.31 Å². The van der Waals surface area contributed by atoms with Crippen LogP contribution in [0, 0.1) is 5.92 Å². The van der Waals surface area contributed by atoms with E-state index in [-0.39, 0.29) is 18.6 Å². The molecule has 3 heterocycles. The average molecular weight is 482 g/mol. The summed E-state index contributed by atoms with van der Waals surface area (Å²) in [5, 5.41) is 9.92. The van der Waals surface area contributed by atoms with Gasteiger partial charge in [-0.25, -0.2) is 4.79 Å². The van der Waals surface area contributed by atoms with Crippen LogP contribution in [0.15, 0.2) is 48.8 Å². The molecule has 2 aromatic heterocycles. The molecule has 9 heteroatoms. The number of aryl methyl sites for hydroxylation is 1. The van der Waals surface area contributed by atoms with Gasteiger partial charge in [0.2, 0.25) is 0 Å². The van der Waals surface area contributed by atoms with Crippen LogP contribution in [0.5, 0.6) is 0 Å². The van der Waals surface area contributed by atoms with Gasteiger partial charge >= 0.3 is 11.9 Å². The van der Waals surface area contributed by atoms with Gasteiger partial charge in [0.15, 0.2) is 5.78 Å². The smallest absolute Gasteiger partial charge is 0.331 e. The van der Waals surface area contributed by atoms with Crippen LogP contribution in [0.3, 0.4) is 0 Å². The standard InChI is InChI=1S/C25H27N3O5S/c1-25(2,3)33-24(32)22-17(14-34-28(22)15-7-6-12-26-13-15)23(31)21-16-8-4-5-9-18(16)27-19(21)10-11-20(29)30/h4-9,12-13,17,22,27H,10-11,14H2,1-3H3,(H,29,30). The summed E-state index contributed by atoms with van der Waals surface area (Å²) in [6, 6.07) is 10.2. The van der Waals surface area contributed by atoms with Gasteiger partial charge in [0.05, 0.1) is 24.2 Å². The molecule has 0 spiro atoms. The molecule has 2 N–H and O–H groups in total. The summed E-state index contributed by atoms with van der Waals surface area (Å²) in [5.41, 5.74) is 1.77. The third-order valence-corrected chi connectivity index (χ3v) is 6.76. The third-order valence-electron chi connectivity index (χ3n) is 5.53. The predicted octanol–water partition coefficient (Wildman–Crippen LogP) is 4.26. The molecule has 2 atom stereocenters. The monoisotopic (exact) mass is 481 g/mol. The van der Waals surface area contributed by atoms with Crippen molar-refractivity contribution in [2.24, 2.45) is 5.92 Å². The van der Waals surface area contributed by atoms with Gasteiger partial charge in [0.1, 0.15) is 11.6 Å². The molecule has 1 saturated heterocycles. The number of aliphatic carboxylic acids is 1. The number of carbonyl (C=O) groups excluding carboxylic acids is 2. The van der Waals surface area contributed by atoms with E-state index in [4.69, 9.17) is 4.74 Å². The normalized spacial score (nSPS) is 18.3. The molecule has 0 bridgehead atoms. The highest BCUT2D eigenvalue weighted by molar-refractivity contribution is 8.01. The summed E-state index contributed by atoms with van der Waals surface area (Å²) in [4.78, 5) is 46.0. The van der Waals surface area contributed by atoms with Gasteiger partial charge in [0.25, 0.3) is 0 Å². The van der Waals surface area contributed by atoms with Gasteiger partial charge in [-0.05, 0) is 57.3 Å². The van der Waals surface area contributed by atoms with Gasteiger partial charge in [-0.3, -0.25) is 18.9 Å². The summed E-state index contributed by atoms with van der Waals surface area (Å²) < 4.78 is 7.52. The number of ketones is 1. The number of ether oxygens (including phenoxy) is 1. The largest absolute Gasteiger partial charge is 0.481 e. The van der Waals surface area contributed by atoms with Crippen molar-refractivity contribution >= 4 is 46.3 Å². The summed E-state index contributed by atoms with van der Waals surface area (Å²) >= 11 is 1.39. The van der Waals surface area contributed by atoms with Gasteiger partial charge in [0, 0.05) is 34.1 Å². The quantitative estimate of drug-likeness (QED) is 0.292. The number of pyridine rings is 1. The molecule has 4 rings (SSSR count). The Balaban J connectivity index is 1.75. The fourth-order valence-electron chi connectivity index (χ4n) is 4.14. The number of H-pyrrole nitrogens is 1. The zero-order valence-electron chi connectivity index (χ0n) is 19.3. The van der Waals surface area contributed by atoms with Crippen molar-refractivity contribution in [2.45, 2.75) is 45.3 Å². The molecule has 0 amide bonds. The lowest BCUT2D eigenvalue weighted by Gasteiger charge is -2.29. The lowest BCUT2D eigenvalue weighted by molar-refractivity contribution is -0.156. The Hall–Kier alpha value is -3.33. The zero-order valence-corrected chi connectivity index (χ0v) is 20.1. The number of Topliss-reactive ketones (excluding diaryl/α,β-unsaturated/α-hetero) is 1. The number of nitrogens with zero attached hydrogens (tertiary/aromatic N) is 2. The Morgan fingerprint density at radius 1 is 1.21 bits per heavy atom. The molecule has 2 unspecified atom stereocenters. The molecular formula is C25H27N3O5S.